The van der Waals surface area contributed by atoms with Crippen LogP contribution in [0.3, 0.4) is 0 Å². The van der Waals surface area contributed by atoms with Gasteiger partial charge in [-0.05, 0) is 30.7 Å². The van der Waals surface area contributed by atoms with E-state index in [1.165, 1.54) is 11.3 Å². The topological polar surface area (TPSA) is 61.8 Å². The molecule has 0 aliphatic carbocycles. The first-order valence-corrected chi connectivity index (χ1v) is 11.4. The lowest BCUT2D eigenvalue weighted by Crippen LogP contribution is -2.36. The first-order chi connectivity index (χ1) is 15.4. The highest BCUT2D eigenvalue weighted by Gasteiger charge is 2.15. The van der Waals surface area contributed by atoms with Crippen LogP contribution in [-0.4, -0.2) is 39.7 Å². The first-order valence-electron chi connectivity index (χ1n) is 10.6. The maximum absolute atomic E-state index is 13.0. The van der Waals surface area contributed by atoms with Gasteiger partial charge in [0.2, 0.25) is 0 Å². The van der Waals surface area contributed by atoms with Gasteiger partial charge >= 0.3 is 5.97 Å². The molecule has 0 saturated heterocycles. The number of fused-ring (bicyclic) bond motifs is 1. The van der Waals surface area contributed by atoms with Crippen LogP contribution in [0.2, 0.25) is 5.82 Å². The lowest BCUT2D eigenvalue weighted by molar-refractivity contribution is -0.148. The molecular weight excluding hydrogens is 423 g/mol. The molecule has 2 aromatic rings. The zero-order chi connectivity index (χ0) is 23.5. The number of carbonyl (C=O) groups is 1. The maximum atomic E-state index is 13.0. The summed E-state index contributed by atoms with van der Waals surface area (Å²) in [5.74, 6) is -0.147. The molecule has 5 nitrogen and oxygen atoms in total. The van der Waals surface area contributed by atoms with E-state index in [-0.39, 0.29) is 24.5 Å². The van der Waals surface area contributed by atoms with Gasteiger partial charge in [0.25, 0.3) is 0 Å². The van der Waals surface area contributed by atoms with E-state index in [9.17, 15) is 9.59 Å². The monoisotopic (exact) mass is 452 g/mol. The Hall–Kier alpha value is -2.64. The van der Waals surface area contributed by atoms with Crippen LogP contribution >= 0.6 is 11.3 Å². The molecule has 0 saturated carbocycles. The fraction of sp³-hybridized carbons (Fsp3) is 0.360. The van der Waals surface area contributed by atoms with E-state index in [1.807, 2.05) is 32.1 Å². The third kappa shape index (κ3) is 7.50. The van der Waals surface area contributed by atoms with Crippen LogP contribution in [0.1, 0.15) is 26.7 Å². The van der Waals surface area contributed by atoms with E-state index in [1.54, 1.807) is 18.2 Å². The van der Waals surface area contributed by atoms with Gasteiger partial charge in [0.15, 0.2) is 11.5 Å². The summed E-state index contributed by atoms with van der Waals surface area (Å²) in [6.45, 7) is 12.0. The van der Waals surface area contributed by atoms with E-state index in [4.69, 9.17) is 22.1 Å². The van der Waals surface area contributed by atoms with Gasteiger partial charge in [-0.1, -0.05) is 51.4 Å². The van der Waals surface area contributed by atoms with E-state index >= 15 is 0 Å². The average Bonchev–Trinajstić information content (AvgIpc) is 2.79. The van der Waals surface area contributed by atoms with Gasteiger partial charge in [-0.15, -0.1) is 11.3 Å². The molecule has 1 aromatic carbocycles. The predicted molar refractivity (Wildman–Crippen MR) is 133 cm³/mol. The van der Waals surface area contributed by atoms with E-state index < -0.39 is 12.1 Å². The fourth-order valence-corrected chi connectivity index (χ4v) is 3.71. The number of carbonyl (C=O) groups excluding carboxylic acids is 1. The summed E-state index contributed by atoms with van der Waals surface area (Å²) in [7, 11) is 5.86. The van der Waals surface area contributed by atoms with E-state index in [0.29, 0.717) is 23.0 Å². The molecular formula is C25H29BO5S. The summed E-state index contributed by atoms with van der Waals surface area (Å²) < 4.78 is 18.3. The SMILES string of the molecule is [B]C(CC)COCC(COc1ccc2sc(=C)c(=CC=CCC)c(=O)c2c1)OC(=O)C=C. The zero-order valence-corrected chi connectivity index (χ0v) is 19.5. The molecule has 2 radical (unpaired) electrons. The Morgan fingerprint density at radius 3 is 2.72 bits per heavy atom. The van der Waals surface area contributed by atoms with Crippen molar-refractivity contribution in [2.24, 2.45) is 0 Å². The summed E-state index contributed by atoms with van der Waals surface area (Å²) >= 11 is 1.46. The molecule has 168 valence electrons. The molecule has 0 amide bonds. The third-order valence-corrected chi connectivity index (χ3v) is 5.70. The predicted octanol–water partition coefficient (Wildman–Crippen LogP) is 3.28. The molecule has 2 atom stereocenters. The Balaban J connectivity index is 2.22. The van der Waals surface area contributed by atoms with Crippen molar-refractivity contribution in [2.75, 3.05) is 19.8 Å². The van der Waals surface area contributed by atoms with Crippen molar-refractivity contribution in [1.82, 2.24) is 0 Å². The number of allylic oxidation sites excluding steroid dienone is 2. The van der Waals surface area contributed by atoms with Gasteiger partial charge in [0, 0.05) is 32.5 Å². The lowest BCUT2D eigenvalue weighted by Gasteiger charge is -2.19. The maximum Gasteiger partial charge on any atom is 0.330 e. The normalized spacial score (nSPS) is 13.9. The molecule has 1 aromatic heterocycles. The minimum absolute atomic E-state index is 0.0652. The summed E-state index contributed by atoms with van der Waals surface area (Å²) in [5.41, 5.74) is -0.0959. The minimum Gasteiger partial charge on any atom is -0.490 e. The molecule has 32 heavy (non-hydrogen) atoms. The number of hydrogen-bond acceptors (Lipinski definition) is 6. The highest BCUT2D eigenvalue weighted by atomic mass is 32.1. The molecule has 0 bridgehead atoms. The molecule has 2 unspecified atom stereocenters. The van der Waals surface area contributed by atoms with Crippen LogP contribution < -0.4 is 19.9 Å². The van der Waals surface area contributed by atoms with Crippen molar-refractivity contribution in [2.45, 2.75) is 38.6 Å². The molecule has 0 N–H and O–H groups in total. The van der Waals surface area contributed by atoms with Crippen molar-refractivity contribution < 1.29 is 19.0 Å². The summed E-state index contributed by atoms with van der Waals surface area (Å²) in [5, 5.41) is 1.13. The number of benzene rings is 1. The minimum atomic E-state index is -0.639. The quantitative estimate of drug-likeness (QED) is 0.281. The summed E-state index contributed by atoms with van der Waals surface area (Å²) in [6.07, 6.45) is 7.76. The second kappa shape index (κ2) is 13.0. The molecule has 1 heterocycles. The molecule has 0 fully saturated rings. The fourth-order valence-electron chi connectivity index (χ4n) is 2.78. The van der Waals surface area contributed by atoms with Crippen molar-refractivity contribution >= 4 is 47.9 Å². The molecule has 7 heteroatoms. The molecule has 0 spiro atoms. The van der Waals surface area contributed by atoms with Crippen molar-refractivity contribution in [3.05, 3.63) is 63.0 Å². The van der Waals surface area contributed by atoms with Crippen LogP contribution in [0.5, 0.6) is 5.75 Å². The van der Waals surface area contributed by atoms with E-state index in [2.05, 4.69) is 13.2 Å². The highest BCUT2D eigenvalue weighted by molar-refractivity contribution is 7.16. The van der Waals surface area contributed by atoms with E-state index in [0.717, 1.165) is 28.1 Å². The van der Waals surface area contributed by atoms with Crippen molar-refractivity contribution in [3.63, 3.8) is 0 Å². The smallest absolute Gasteiger partial charge is 0.330 e. The van der Waals surface area contributed by atoms with Gasteiger partial charge in [-0.25, -0.2) is 4.79 Å². The van der Waals surface area contributed by atoms with Crippen LogP contribution in [0.4, 0.5) is 0 Å². The van der Waals surface area contributed by atoms with Gasteiger partial charge in [-0.3, -0.25) is 4.79 Å². The van der Waals surface area contributed by atoms with Gasteiger partial charge < -0.3 is 14.2 Å². The third-order valence-electron chi connectivity index (χ3n) is 4.65. The standard InChI is InChI=1S/C25H29BO5S/c1-5-8-9-10-21-17(4)32-23-12-11-19(13-22(23)25(21)28)30-16-20(31-24(27)7-3)15-29-14-18(26)6-2/h7-13,18,20H,3-6,14-16H2,1-2H3. The van der Waals surface area contributed by atoms with Gasteiger partial charge in [0.05, 0.1) is 14.5 Å². The lowest BCUT2D eigenvalue weighted by atomic mass is 9.86. The largest absolute Gasteiger partial charge is 0.490 e. The van der Waals surface area contributed by atoms with Crippen LogP contribution in [0.15, 0.2) is 47.8 Å². The highest BCUT2D eigenvalue weighted by Crippen LogP contribution is 2.19. The summed E-state index contributed by atoms with van der Waals surface area (Å²) in [4.78, 5) is 24.6. The molecule has 2 rings (SSSR count). The van der Waals surface area contributed by atoms with Gasteiger partial charge in [-0.2, -0.15) is 0 Å². The number of ether oxygens (including phenoxy) is 3. The first kappa shape index (κ1) is 25.6. The number of esters is 1. The second-order valence-corrected chi connectivity index (χ2v) is 8.35. The molecule has 0 aliphatic heterocycles. The molecule has 0 aliphatic rings. The van der Waals surface area contributed by atoms with Crippen LogP contribution in [0, 0.1) is 0 Å². The number of rotatable bonds is 12. The Labute approximate surface area is 194 Å². The zero-order valence-electron chi connectivity index (χ0n) is 18.7. The second-order valence-electron chi connectivity index (χ2n) is 7.21. The van der Waals surface area contributed by atoms with Crippen LogP contribution in [0.25, 0.3) is 22.7 Å². The van der Waals surface area contributed by atoms with Crippen molar-refractivity contribution in [3.8, 4) is 5.75 Å². The Kier molecular flexibility index (Phi) is 10.4. The Morgan fingerprint density at radius 2 is 2.03 bits per heavy atom. The summed E-state index contributed by atoms with van der Waals surface area (Å²) in [6, 6.07) is 5.31. The number of hydrogen-bond donors (Lipinski definition) is 0. The van der Waals surface area contributed by atoms with Gasteiger partial charge in [0.1, 0.15) is 12.4 Å². The average molecular weight is 452 g/mol. The van der Waals surface area contributed by atoms with Crippen LogP contribution in [-0.2, 0) is 14.3 Å². The Morgan fingerprint density at radius 1 is 1.25 bits per heavy atom. The van der Waals surface area contributed by atoms with Crippen molar-refractivity contribution in [1.29, 1.82) is 0 Å². The Bertz CT molecular complexity index is 1120.